The Morgan fingerprint density at radius 3 is 2.33 bits per heavy atom. The molecule has 6 heteroatoms. The standard InChI is InChI=1S/C6H8F2O3.Li/c7-4(8)6(5(9)10)1-2-11-3-6;/h4H,1-3H2,(H,9,10);/q;+1/p-1. The molecule has 0 bridgehead atoms. The van der Waals surface area contributed by atoms with Gasteiger partial charge in [0.25, 0.3) is 6.43 Å². The third-order valence-corrected chi connectivity index (χ3v) is 1.88. The molecule has 0 saturated carbocycles. The molecule has 0 aromatic rings. The molecule has 1 saturated heterocycles. The second kappa shape index (κ2) is 4.22. The number of carbonyl (C=O) groups excluding carboxylic acids is 1. The number of alkyl halides is 2. The van der Waals surface area contributed by atoms with E-state index in [2.05, 4.69) is 4.74 Å². The monoisotopic (exact) mass is 172 g/mol. The first-order chi connectivity index (χ1) is 5.09. The molecule has 1 rings (SSSR count). The minimum Gasteiger partial charge on any atom is -0.549 e. The van der Waals surface area contributed by atoms with E-state index >= 15 is 0 Å². The maximum atomic E-state index is 12.1. The molecule has 1 unspecified atom stereocenters. The second-order valence-electron chi connectivity index (χ2n) is 2.55. The van der Waals surface area contributed by atoms with E-state index in [9.17, 15) is 18.7 Å². The zero-order chi connectivity index (χ0) is 8.48. The maximum Gasteiger partial charge on any atom is 1.00 e. The van der Waals surface area contributed by atoms with Gasteiger partial charge in [0.2, 0.25) is 0 Å². The number of carboxylic acids is 1. The molecule has 64 valence electrons. The van der Waals surface area contributed by atoms with Crippen molar-refractivity contribution in [2.24, 2.45) is 5.41 Å². The summed E-state index contributed by atoms with van der Waals surface area (Å²) >= 11 is 0. The van der Waals surface area contributed by atoms with Crippen LogP contribution < -0.4 is 24.0 Å². The number of ether oxygens (including phenoxy) is 1. The molecule has 3 nitrogen and oxygen atoms in total. The summed E-state index contributed by atoms with van der Waals surface area (Å²) in [6.45, 7) is -0.370. The zero-order valence-corrected chi connectivity index (χ0v) is 6.68. The summed E-state index contributed by atoms with van der Waals surface area (Å²) in [6.07, 6.45) is -3.07. The van der Waals surface area contributed by atoms with Gasteiger partial charge >= 0.3 is 18.9 Å². The number of carbonyl (C=O) groups is 1. The number of hydrogen-bond donors (Lipinski definition) is 0. The van der Waals surface area contributed by atoms with E-state index in [0.29, 0.717) is 0 Å². The third-order valence-electron chi connectivity index (χ3n) is 1.88. The number of rotatable bonds is 2. The average molecular weight is 172 g/mol. The first-order valence-electron chi connectivity index (χ1n) is 3.17. The zero-order valence-electron chi connectivity index (χ0n) is 6.68. The van der Waals surface area contributed by atoms with Crippen LogP contribution >= 0.6 is 0 Å². The van der Waals surface area contributed by atoms with Gasteiger partial charge in [-0.2, -0.15) is 0 Å². The van der Waals surface area contributed by atoms with E-state index in [-0.39, 0.29) is 31.9 Å². The van der Waals surface area contributed by atoms with E-state index in [4.69, 9.17) is 0 Å². The van der Waals surface area contributed by atoms with Gasteiger partial charge in [-0.3, -0.25) is 0 Å². The van der Waals surface area contributed by atoms with Crippen molar-refractivity contribution in [3.05, 3.63) is 0 Å². The van der Waals surface area contributed by atoms with Crippen molar-refractivity contribution in [1.29, 1.82) is 0 Å². The summed E-state index contributed by atoms with van der Waals surface area (Å²) < 4.78 is 28.9. The van der Waals surface area contributed by atoms with Crippen LogP contribution in [0.15, 0.2) is 0 Å². The molecular formula is C6H7F2LiO3. The molecular weight excluding hydrogens is 165 g/mol. The molecule has 0 N–H and O–H groups in total. The molecule has 1 fully saturated rings. The van der Waals surface area contributed by atoms with Gasteiger partial charge in [-0.05, 0) is 6.42 Å². The minimum atomic E-state index is -2.91. The average Bonchev–Trinajstić information content (AvgIpc) is 2.34. The van der Waals surface area contributed by atoms with Crippen LogP contribution in [0.4, 0.5) is 8.78 Å². The molecule has 1 atom stereocenters. The fourth-order valence-corrected chi connectivity index (χ4v) is 1.00. The molecule has 0 aromatic heterocycles. The summed E-state index contributed by atoms with van der Waals surface area (Å²) in [6, 6.07) is 0. The number of carboxylic acid groups (broad SMARTS) is 1. The molecule has 12 heavy (non-hydrogen) atoms. The van der Waals surface area contributed by atoms with Gasteiger partial charge in [-0.15, -0.1) is 0 Å². The summed E-state index contributed by atoms with van der Waals surface area (Å²) in [5, 5.41) is 10.3. The molecule has 0 spiro atoms. The van der Waals surface area contributed by atoms with Gasteiger partial charge in [0, 0.05) is 6.61 Å². The number of aliphatic carboxylic acids is 1. The Bertz CT molecular complexity index is 168. The number of halogens is 2. The molecule has 1 heterocycles. The molecule has 0 amide bonds. The van der Waals surface area contributed by atoms with Crippen LogP contribution in [0.25, 0.3) is 0 Å². The second-order valence-corrected chi connectivity index (χ2v) is 2.55. The first-order valence-corrected chi connectivity index (χ1v) is 3.17. The summed E-state index contributed by atoms with van der Waals surface area (Å²) in [4.78, 5) is 10.3. The largest absolute Gasteiger partial charge is 1.00 e. The third kappa shape index (κ3) is 1.79. The van der Waals surface area contributed by atoms with Crippen LogP contribution in [0.2, 0.25) is 0 Å². The Balaban J connectivity index is 0.00000121. The smallest absolute Gasteiger partial charge is 0.549 e. The quantitative estimate of drug-likeness (QED) is 0.404. The molecule has 0 aromatic carbocycles. The van der Waals surface area contributed by atoms with E-state index in [1.54, 1.807) is 0 Å². The van der Waals surface area contributed by atoms with Crippen LogP contribution in [-0.4, -0.2) is 25.6 Å². The first kappa shape index (κ1) is 11.9. The fraction of sp³-hybridized carbons (Fsp3) is 0.833. The van der Waals surface area contributed by atoms with E-state index in [1.807, 2.05) is 0 Å². The van der Waals surface area contributed by atoms with Crippen LogP contribution in [0, 0.1) is 5.41 Å². The van der Waals surface area contributed by atoms with E-state index in [0.717, 1.165) is 0 Å². The van der Waals surface area contributed by atoms with Crippen molar-refractivity contribution in [1.82, 2.24) is 0 Å². The fourth-order valence-electron chi connectivity index (χ4n) is 1.00. The summed E-state index contributed by atoms with van der Waals surface area (Å²) in [7, 11) is 0. The van der Waals surface area contributed by atoms with Crippen molar-refractivity contribution in [3.8, 4) is 0 Å². The molecule has 1 aliphatic rings. The van der Waals surface area contributed by atoms with Gasteiger partial charge in [-0.1, -0.05) is 0 Å². The maximum absolute atomic E-state index is 12.1. The van der Waals surface area contributed by atoms with Crippen molar-refractivity contribution >= 4 is 5.97 Å². The summed E-state index contributed by atoms with van der Waals surface area (Å²) in [5.74, 6) is -1.72. The van der Waals surface area contributed by atoms with Gasteiger partial charge in [-0.25, -0.2) is 8.78 Å². The van der Waals surface area contributed by atoms with E-state index in [1.165, 1.54) is 0 Å². The van der Waals surface area contributed by atoms with E-state index < -0.39 is 24.4 Å². The van der Waals surface area contributed by atoms with Crippen molar-refractivity contribution in [2.75, 3.05) is 13.2 Å². The molecule has 0 radical (unpaired) electrons. The predicted molar refractivity (Wildman–Crippen MR) is 28.9 cm³/mol. The van der Waals surface area contributed by atoms with Crippen LogP contribution in [0.1, 0.15) is 6.42 Å². The Hall–Kier alpha value is -0.113. The van der Waals surface area contributed by atoms with Crippen LogP contribution in [0.5, 0.6) is 0 Å². The van der Waals surface area contributed by atoms with Crippen LogP contribution in [-0.2, 0) is 9.53 Å². The Kier molecular flexibility index (Phi) is 4.18. The molecule has 1 aliphatic heterocycles. The van der Waals surface area contributed by atoms with Gasteiger partial charge in [0.1, 0.15) is 0 Å². The van der Waals surface area contributed by atoms with Crippen molar-refractivity contribution in [3.63, 3.8) is 0 Å². The normalized spacial score (nSPS) is 28.6. The Morgan fingerprint density at radius 2 is 2.17 bits per heavy atom. The Labute approximate surface area is 80.3 Å². The van der Waals surface area contributed by atoms with Crippen LogP contribution in [0.3, 0.4) is 0 Å². The molecule has 0 aliphatic carbocycles. The topological polar surface area (TPSA) is 49.4 Å². The van der Waals surface area contributed by atoms with Gasteiger partial charge < -0.3 is 14.6 Å². The SMILES string of the molecule is O=C([O-])C1(C(F)F)CCOC1.[Li+]. The summed E-state index contributed by atoms with van der Waals surface area (Å²) in [5.41, 5.74) is -2.06. The van der Waals surface area contributed by atoms with Gasteiger partial charge in [0.15, 0.2) is 0 Å². The predicted octanol–water partition coefficient (Wildman–Crippen LogP) is -3.59. The van der Waals surface area contributed by atoms with Crippen molar-refractivity contribution in [2.45, 2.75) is 12.8 Å². The minimum absolute atomic E-state index is 0. The van der Waals surface area contributed by atoms with Gasteiger partial charge in [0.05, 0.1) is 18.0 Å². The number of hydrogen-bond acceptors (Lipinski definition) is 3. The van der Waals surface area contributed by atoms with Crippen molar-refractivity contribution < 1.29 is 42.3 Å². The Morgan fingerprint density at radius 1 is 1.58 bits per heavy atom.